The van der Waals surface area contributed by atoms with Gasteiger partial charge in [0, 0.05) is 36.1 Å². The normalized spacial score (nSPS) is 15.9. The SMILES string of the molecule is C=C(C)c1cccc(CCC)c1[N+]1=C(C)C(C)=[N+](c2c(C)cccc2C(C)C)C1(Br)Br. The minimum absolute atomic E-state index is 0.422. The number of allylic oxidation sites excluding steroid dienone is 1. The fourth-order valence-corrected chi connectivity index (χ4v) is 6.33. The van der Waals surface area contributed by atoms with Crippen LogP contribution in [0.3, 0.4) is 0 Å². The lowest BCUT2D eigenvalue weighted by Gasteiger charge is -2.19. The van der Waals surface area contributed by atoms with Crippen molar-refractivity contribution in [1.82, 2.24) is 0 Å². The summed E-state index contributed by atoms with van der Waals surface area (Å²) in [6, 6.07) is 13.2. The third-order valence-corrected chi connectivity index (χ3v) is 7.59. The minimum atomic E-state index is -0.613. The van der Waals surface area contributed by atoms with Crippen LogP contribution in [0.25, 0.3) is 5.57 Å². The summed E-state index contributed by atoms with van der Waals surface area (Å²) < 4.78 is 4.18. The first-order valence-electron chi connectivity index (χ1n) is 11.1. The van der Waals surface area contributed by atoms with Gasteiger partial charge < -0.3 is 0 Å². The zero-order valence-corrected chi connectivity index (χ0v) is 23.0. The molecule has 0 unspecified atom stereocenters. The Labute approximate surface area is 204 Å². The molecule has 1 aliphatic heterocycles. The lowest BCUT2D eigenvalue weighted by Crippen LogP contribution is -2.35. The van der Waals surface area contributed by atoms with E-state index in [4.69, 9.17) is 0 Å². The summed E-state index contributed by atoms with van der Waals surface area (Å²) in [5, 5.41) is 0. The van der Waals surface area contributed by atoms with E-state index in [0.29, 0.717) is 5.92 Å². The summed E-state index contributed by atoms with van der Waals surface area (Å²) in [7, 11) is 0. The van der Waals surface area contributed by atoms with Gasteiger partial charge in [0.15, 0.2) is 0 Å². The number of hydrogen-bond acceptors (Lipinski definition) is 0. The maximum Gasteiger partial charge on any atom is 0.472 e. The maximum atomic E-state index is 4.29. The van der Waals surface area contributed by atoms with E-state index < -0.39 is 3.48 Å². The molecule has 0 saturated heterocycles. The van der Waals surface area contributed by atoms with Crippen LogP contribution >= 0.6 is 31.9 Å². The summed E-state index contributed by atoms with van der Waals surface area (Å²) >= 11 is 8.23. The van der Waals surface area contributed by atoms with E-state index in [-0.39, 0.29) is 0 Å². The van der Waals surface area contributed by atoms with Gasteiger partial charge in [0.1, 0.15) is 0 Å². The van der Waals surface area contributed by atoms with Gasteiger partial charge in [0.25, 0.3) is 11.4 Å². The summed E-state index contributed by atoms with van der Waals surface area (Å²) in [6.45, 7) is 19.8. The highest BCUT2D eigenvalue weighted by atomic mass is 79.9. The molecular weight excluding hydrogens is 512 g/mol. The van der Waals surface area contributed by atoms with Gasteiger partial charge in [-0.15, -0.1) is 9.15 Å². The fourth-order valence-electron chi connectivity index (χ4n) is 4.56. The largest absolute Gasteiger partial charge is 0.472 e. The molecule has 1 aliphatic rings. The molecule has 1 heterocycles. The van der Waals surface area contributed by atoms with Crippen LogP contribution in [0.4, 0.5) is 11.4 Å². The number of aryl methyl sites for hydroxylation is 2. The predicted molar refractivity (Wildman–Crippen MR) is 142 cm³/mol. The van der Waals surface area contributed by atoms with Crippen molar-refractivity contribution in [3.8, 4) is 0 Å². The molecule has 0 bridgehead atoms. The average molecular weight is 546 g/mol. The quantitative estimate of drug-likeness (QED) is 0.195. The van der Waals surface area contributed by atoms with Gasteiger partial charge in [0.2, 0.25) is 11.4 Å². The van der Waals surface area contributed by atoms with Crippen molar-refractivity contribution in [2.45, 2.75) is 70.7 Å². The zero-order valence-electron chi connectivity index (χ0n) is 19.8. The fraction of sp³-hybridized carbons (Fsp3) is 0.407. The number of rotatable bonds is 6. The first-order chi connectivity index (χ1) is 14.5. The van der Waals surface area contributed by atoms with Gasteiger partial charge in [-0.25, -0.2) is 0 Å². The highest BCUT2D eigenvalue weighted by Gasteiger charge is 2.59. The van der Waals surface area contributed by atoms with E-state index >= 15 is 0 Å². The first-order valence-corrected chi connectivity index (χ1v) is 12.7. The smallest absolute Gasteiger partial charge is 0.105 e. The second kappa shape index (κ2) is 9.15. The van der Waals surface area contributed by atoms with Crippen LogP contribution in [0.2, 0.25) is 0 Å². The number of alkyl halides is 2. The Morgan fingerprint density at radius 2 is 1.55 bits per heavy atom. The van der Waals surface area contributed by atoms with Crippen LogP contribution in [-0.4, -0.2) is 24.1 Å². The summed E-state index contributed by atoms with van der Waals surface area (Å²) in [4.78, 5) is 0. The highest BCUT2D eigenvalue weighted by molar-refractivity contribution is 9.25. The third kappa shape index (κ3) is 4.14. The van der Waals surface area contributed by atoms with Crippen LogP contribution in [0, 0.1) is 6.92 Å². The molecule has 3 rings (SSSR count). The van der Waals surface area contributed by atoms with Gasteiger partial charge >= 0.3 is 3.48 Å². The Balaban J connectivity index is 2.33. The molecule has 2 aromatic carbocycles. The molecule has 0 N–H and O–H groups in total. The maximum absolute atomic E-state index is 4.29. The number of hydrogen-bond donors (Lipinski definition) is 0. The summed E-state index contributed by atoms with van der Waals surface area (Å²) in [5.41, 5.74) is 11.2. The van der Waals surface area contributed by atoms with Crippen molar-refractivity contribution in [1.29, 1.82) is 0 Å². The molecule has 0 aliphatic carbocycles. The Hall–Kier alpha value is -1.52. The molecule has 2 nitrogen and oxygen atoms in total. The Morgan fingerprint density at radius 3 is 2.10 bits per heavy atom. The van der Waals surface area contributed by atoms with Crippen LogP contribution in [0.1, 0.15) is 76.1 Å². The van der Waals surface area contributed by atoms with E-state index in [2.05, 4.69) is 132 Å². The molecule has 4 heteroatoms. The Bertz CT molecular complexity index is 1100. The van der Waals surface area contributed by atoms with E-state index in [9.17, 15) is 0 Å². The van der Waals surface area contributed by atoms with Crippen molar-refractivity contribution in [2.75, 3.05) is 0 Å². The molecule has 0 amide bonds. The third-order valence-electron chi connectivity index (χ3n) is 6.17. The van der Waals surface area contributed by atoms with Crippen molar-refractivity contribution < 1.29 is 9.15 Å². The lowest BCUT2D eigenvalue weighted by atomic mass is 9.97. The lowest BCUT2D eigenvalue weighted by molar-refractivity contribution is -0.672. The van der Waals surface area contributed by atoms with Crippen molar-refractivity contribution in [3.05, 3.63) is 65.2 Å². The van der Waals surface area contributed by atoms with Crippen LogP contribution in [-0.2, 0) is 6.42 Å². The van der Waals surface area contributed by atoms with E-state index in [1.807, 2.05) is 0 Å². The molecule has 0 fully saturated rings. The second-order valence-corrected chi connectivity index (χ2v) is 12.1. The van der Waals surface area contributed by atoms with E-state index in [0.717, 1.165) is 18.4 Å². The molecular formula is C27H34Br2N2+2. The first kappa shape index (κ1) is 24.1. The predicted octanol–water partition coefficient (Wildman–Crippen LogP) is 8.43. The number of halogens is 2. The van der Waals surface area contributed by atoms with Gasteiger partial charge in [0.05, 0.1) is 31.9 Å². The number of benzene rings is 2. The van der Waals surface area contributed by atoms with Gasteiger partial charge in [-0.2, -0.15) is 0 Å². The van der Waals surface area contributed by atoms with Gasteiger partial charge in [-0.05, 0) is 37.8 Å². The monoisotopic (exact) mass is 544 g/mol. The standard InChI is InChI=1S/C27H34Br2N2/c1-9-12-22-14-11-16-24(18(4)5)26(22)31-21(8)20(7)30(27(31,28)29)25-19(6)13-10-15-23(25)17(2)3/h10-11,13-17H,4,9,12H2,1-3,5-8H3/q+2. The van der Waals surface area contributed by atoms with Gasteiger partial charge in [-0.3, -0.25) is 0 Å². The van der Waals surface area contributed by atoms with E-state index in [1.54, 1.807) is 0 Å². The molecule has 2 aromatic rings. The van der Waals surface area contributed by atoms with Crippen LogP contribution < -0.4 is 0 Å². The van der Waals surface area contributed by atoms with Crippen LogP contribution in [0.5, 0.6) is 0 Å². The Morgan fingerprint density at radius 1 is 0.968 bits per heavy atom. The number of para-hydroxylation sites is 2. The number of nitrogens with zero attached hydrogens (tertiary/aromatic N) is 2. The van der Waals surface area contributed by atoms with Gasteiger partial charge in [-0.1, -0.05) is 64.1 Å². The average Bonchev–Trinajstić information content (AvgIpc) is 2.86. The van der Waals surface area contributed by atoms with Crippen LogP contribution in [0.15, 0.2) is 43.0 Å². The van der Waals surface area contributed by atoms with E-state index in [1.165, 1.54) is 45.1 Å². The highest BCUT2D eigenvalue weighted by Crippen LogP contribution is 2.47. The molecule has 0 atom stereocenters. The second-order valence-electron chi connectivity index (χ2n) is 8.86. The molecule has 0 aromatic heterocycles. The molecule has 31 heavy (non-hydrogen) atoms. The Kier molecular flexibility index (Phi) is 7.12. The van der Waals surface area contributed by atoms with Crippen molar-refractivity contribution >= 4 is 60.2 Å². The molecule has 0 radical (unpaired) electrons. The molecule has 0 spiro atoms. The summed E-state index contributed by atoms with van der Waals surface area (Å²) in [5.74, 6) is 0.422. The topological polar surface area (TPSA) is 6.02 Å². The van der Waals surface area contributed by atoms with Crippen molar-refractivity contribution in [3.63, 3.8) is 0 Å². The molecule has 0 saturated carbocycles. The molecule has 164 valence electrons. The van der Waals surface area contributed by atoms with Crippen molar-refractivity contribution in [2.24, 2.45) is 0 Å². The summed E-state index contributed by atoms with van der Waals surface area (Å²) in [6.07, 6.45) is 2.12. The zero-order chi connectivity index (χ0) is 23.1. The minimum Gasteiger partial charge on any atom is -0.105 e.